The molecule has 0 spiro atoms. The molecule has 11 heteroatoms. The molecule has 3 rings (SSSR count). The number of nitrogens with zero attached hydrogens (tertiary/aromatic N) is 3. The van der Waals surface area contributed by atoms with Gasteiger partial charge in [0.2, 0.25) is 11.8 Å². The number of nitrogens with one attached hydrogen (secondary N) is 2. The molecule has 0 bridgehead atoms. The van der Waals surface area contributed by atoms with Crippen molar-refractivity contribution in [3.8, 4) is 0 Å². The monoisotopic (exact) mass is 412 g/mol. The highest BCUT2D eigenvalue weighted by atomic mass is 35.5. The van der Waals surface area contributed by atoms with Gasteiger partial charge in [-0.15, -0.1) is 12.4 Å². The minimum Gasteiger partial charge on any atom is -0.379 e. The fourth-order valence-electron chi connectivity index (χ4n) is 3.59. The van der Waals surface area contributed by atoms with Crippen molar-refractivity contribution in [3.05, 3.63) is 24.2 Å². The number of halogens is 1. The Morgan fingerprint density at radius 2 is 2.07 bits per heavy atom. The van der Waals surface area contributed by atoms with E-state index in [2.05, 4.69) is 15.7 Å². The van der Waals surface area contributed by atoms with E-state index < -0.39 is 5.91 Å². The van der Waals surface area contributed by atoms with Gasteiger partial charge in [0.05, 0.1) is 24.9 Å². The molecular formula is C17H25ClN6O4. The second-order valence-electron chi connectivity index (χ2n) is 6.78. The van der Waals surface area contributed by atoms with E-state index in [1.165, 1.54) is 6.20 Å². The van der Waals surface area contributed by atoms with Gasteiger partial charge >= 0.3 is 0 Å². The van der Waals surface area contributed by atoms with Crippen LogP contribution in [0.15, 0.2) is 18.6 Å². The van der Waals surface area contributed by atoms with Crippen LogP contribution in [-0.2, 0) is 21.4 Å². The summed E-state index contributed by atoms with van der Waals surface area (Å²) in [5.41, 5.74) is 6.21. The summed E-state index contributed by atoms with van der Waals surface area (Å²) in [6.45, 7) is -0.193. The molecule has 154 valence electrons. The molecule has 1 aliphatic carbocycles. The zero-order valence-electron chi connectivity index (χ0n) is 15.8. The molecule has 0 aliphatic heterocycles. The van der Waals surface area contributed by atoms with Crippen molar-refractivity contribution in [1.82, 2.24) is 24.8 Å². The maximum absolute atomic E-state index is 12.8. The minimum absolute atomic E-state index is 0. The lowest BCUT2D eigenvalue weighted by molar-refractivity contribution is -0.129. The van der Waals surface area contributed by atoms with Gasteiger partial charge in [-0.25, -0.2) is 4.52 Å². The van der Waals surface area contributed by atoms with E-state index in [9.17, 15) is 14.4 Å². The van der Waals surface area contributed by atoms with E-state index >= 15 is 0 Å². The number of nitrogens with two attached hydrogens (primary N) is 1. The van der Waals surface area contributed by atoms with E-state index in [1.807, 2.05) is 17.8 Å². The minimum atomic E-state index is -0.591. The van der Waals surface area contributed by atoms with Crippen molar-refractivity contribution < 1.29 is 19.1 Å². The predicted molar refractivity (Wildman–Crippen MR) is 103 cm³/mol. The quantitative estimate of drug-likeness (QED) is 0.594. The van der Waals surface area contributed by atoms with Crippen LogP contribution >= 0.6 is 12.4 Å². The number of aryl methyl sites for hydroxylation is 1. The van der Waals surface area contributed by atoms with E-state index in [1.54, 1.807) is 17.8 Å². The number of carbonyl (C=O) groups is 3. The molecule has 0 unspecified atom stereocenters. The normalized spacial score (nSPS) is 21.7. The van der Waals surface area contributed by atoms with Crippen LogP contribution in [0.1, 0.15) is 29.6 Å². The Morgan fingerprint density at radius 1 is 1.32 bits per heavy atom. The van der Waals surface area contributed by atoms with Crippen LogP contribution in [0.2, 0.25) is 0 Å². The molecule has 2 heterocycles. The second kappa shape index (κ2) is 9.07. The van der Waals surface area contributed by atoms with Crippen molar-refractivity contribution in [1.29, 1.82) is 0 Å². The Bertz CT molecular complexity index is 863. The molecule has 0 saturated heterocycles. The highest BCUT2D eigenvalue weighted by Gasteiger charge is 2.35. The zero-order chi connectivity index (χ0) is 19.6. The number of amides is 3. The molecule has 3 atom stereocenters. The number of imidazole rings is 1. The number of fused-ring (bicyclic) bond motifs is 1. The van der Waals surface area contributed by atoms with E-state index in [0.29, 0.717) is 30.5 Å². The number of carbonyl (C=O) groups excluding carboxylic acids is 3. The van der Waals surface area contributed by atoms with Gasteiger partial charge in [0.15, 0.2) is 0 Å². The van der Waals surface area contributed by atoms with Gasteiger partial charge < -0.3 is 25.7 Å². The first-order valence-corrected chi connectivity index (χ1v) is 8.79. The Kier molecular flexibility index (Phi) is 7.03. The van der Waals surface area contributed by atoms with Crippen LogP contribution < -0.4 is 16.4 Å². The Hall–Kier alpha value is -2.59. The maximum atomic E-state index is 12.8. The fraction of sp³-hybridized carbons (Fsp3) is 0.529. The SMILES string of the molecule is CO[C@@H]1CC[C@H](C(=O)NCC(N)=O)C[C@H]1NC(=O)c1cnn2ccn(C)c12.Cl. The fourth-order valence-corrected chi connectivity index (χ4v) is 3.59. The lowest BCUT2D eigenvalue weighted by atomic mass is 9.83. The average Bonchev–Trinajstić information content (AvgIpc) is 3.22. The first-order valence-electron chi connectivity index (χ1n) is 8.79. The van der Waals surface area contributed by atoms with Crippen LogP contribution in [0, 0.1) is 5.92 Å². The summed E-state index contributed by atoms with van der Waals surface area (Å²) in [4.78, 5) is 35.9. The summed E-state index contributed by atoms with van der Waals surface area (Å²) < 4.78 is 8.94. The second-order valence-corrected chi connectivity index (χ2v) is 6.78. The molecule has 1 saturated carbocycles. The van der Waals surface area contributed by atoms with Crippen LogP contribution in [0.25, 0.3) is 5.65 Å². The van der Waals surface area contributed by atoms with Crippen molar-refractivity contribution >= 4 is 35.8 Å². The molecule has 0 aromatic carbocycles. The van der Waals surface area contributed by atoms with E-state index in [4.69, 9.17) is 10.5 Å². The molecule has 0 radical (unpaired) electrons. The lowest BCUT2D eigenvalue weighted by Gasteiger charge is -2.35. The summed E-state index contributed by atoms with van der Waals surface area (Å²) in [5.74, 6) is -1.41. The number of aromatic nitrogens is 3. The van der Waals surface area contributed by atoms with E-state index in [0.717, 1.165) is 0 Å². The average molecular weight is 413 g/mol. The molecule has 2 aromatic rings. The highest BCUT2D eigenvalue weighted by Crippen LogP contribution is 2.27. The number of methoxy groups -OCH3 is 1. The summed E-state index contributed by atoms with van der Waals surface area (Å²) in [6, 6.07) is -0.323. The third kappa shape index (κ3) is 4.45. The Morgan fingerprint density at radius 3 is 2.75 bits per heavy atom. The summed E-state index contributed by atoms with van der Waals surface area (Å²) in [7, 11) is 3.43. The first-order chi connectivity index (χ1) is 12.9. The standard InChI is InChI=1S/C17H24N6O4.ClH/c1-22-5-6-23-17(22)11(8-20-23)16(26)21-12-7-10(3-4-13(12)27-2)15(25)19-9-14(18)24;/h5-6,8,10,12-13H,3-4,7,9H2,1-2H3,(H2,18,24)(H,19,25)(H,21,26);1H/t10-,12+,13+;/m0./s1. The van der Waals surface area contributed by atoms with Crippen molar-refractivity contribution in [2.75, 3.05) is 13.7 Å². The Balaban J connectivity index is 0.00000280. The van der Waals surface area contributed by atoms with Crippen LogP contribution in [0.3, 0.4) is 0 Å². The van der Waals surface area contributed by atoms with Gasteiger partial charge in [-0.05, 0) is 19.3 Å². The number of hydrogen-bond donors (Lipinski definition) is 3. The number of rotatable bonds is 6. The molecule has 4 N–H and O–H groups in total. The van der Waals surface area contributed by atoms with Crippen LogP contribution in [0.4, 0.5) is 0 Å². The van der Waals surface area contributed by atoms with Gasteiger partial charge in [0.25, 0.3) is 5.91 Å². The largest absolute Gasteiger partial charge is 0.379 e. The van der Waals surface area contributed by atoms with Crippen molar-refractivity contribution in [2.45, 2.75) is 31.4 Å². The zero-order valence-corrected chi connectivity index (χ0v) is 16.6. The van der Waals surface area contributed by atoms with Gasteiger partial charge in [-0.2, -0.15) is 5.10 Å². The van der Waals surface area contributed by atoms with Gasteiger partial charge in [-0.3, -0.25) is 14.4 Å². The number of hydrogen-bond acceptors (Lipinski definition) is 5. The highest BCUT2D eigenvalue weighted by molar-refractivity contribution is 6.00. The molecule has 2 aromatic heterocycles. The van der Waals surface area contributed by atoms with Gasteiger partial charge in [-0.1, -0.05) is 0 Å². The third-order valence-corrected chi connectivity index (χ3v) is 4.99. The topological polar surface area (TPSA) is 133 Å². The molecule has 10 nitrogen and oxygen atoms in total. The van der Waals surface area contributed by atoms with Gasteiger partial charge in [0, 0.05) is 32.5 Å². The third-order valence-electron chi connectivity index (χ3n) is 4.99. The molecule has 28 heavy (non-hydrogen) atoms. The summed E-state index contributed by atoms with van der Waals surface area (Å²) in [5, 5.41) is 9.68. The number of primary amides is 1. The Labute approximate surface area is 168 Å². The smallest absolute Gasteiger partial charge is 0.257 e. The van der Waals surface area contributed by atoms with Crippen molar-refractivity contribution in [3.63, 3.8) is 0 Å². The lowest BCUT2D eigenvalue weighted by Crippen LogP contribution is -2.50. The van der Waals surface area contributed by atoms with Crippen LogP contribution in [-0.4, -0.2) is 57.7 Å². The molecule has 3 amide bonds. The predicted octanol–water partition coefficient (Wildman–Crippen LogP) is -0.390. The summed E-state index contributed by atoms with van der Waals surface area (Å²) >= 11 is 0. The van der Waals surface area contributed by atoms with Gasteiger partial charge in [0.1, 0.15) is 11.2 Å². The molecular weight excluding hydrogens is 388 g/mol. The molecule has 1 aliphatic rings. The first kappa shape index (κ1) is 21.7. The van der Waals surface area contributed by atoms with Crippen molar-refractivity contribution in [2.24, 2.45) is 18.7 Å². The summed E-state index contributed by atoms with van der Waals surface area (Å²) in [6.07, 6.45) is 6.59. The number of ether oxygens (including phenoxy) is 1. The van der Waals surface area contributed by atoms with E-state index in [-0.39, 0.29) is 48.8 Å². The maximum Gasteiger partial charge on any atom is 0.257 e. The molecule has 1 fully saturated rings. The van der Waals surface area contributed by atoms with Crippen LogP contribution in [0.5, 0.6) is 0 Å².